The summed E-state index contributed by atoms with van der Waals surface area (Å²) in [5.41, 5.74) is 8.71. The Balaban J connectivity index is 2.04. The zero-order valence-electron chi connectivity index (χ0n) is 10.7. The van der Waals surface area contributed by atoms with Crippen molar-refractivity contribution in [3.05, 3.63) is 47.1 Å². The number of nitrogen functional groups attached to an aromatic ring is 1. The molecule has 0 aliphatic heterocycles. The van der Waals surface area contributed by atoms with E-state index in [-0.39, 0.29) is 0 Å². The summed E-state index contributed by atoms with van der Waals surface area (Å²) in [6, 6.07) is 8.92. The lowest BCUT2D eigenvalue weighted by molar-refractivity contribution is 0.432. The van der Waals surface area contributed by atoms with E-state index in [1.54, 1.807) is 24.4 Å². The SMILES string of the molecule is Cc1cccnc1-c1noc(-c2ccc(Cl)cc2N)n1. The number of pyridine rings is 1. The van der Waals surface area contributed by atoms with Crippen LogP contribution in [0, 0.1) is 6.92 Å². The van der Waals surface area contributed by atoms with Crippen molar-refractivity contribution in [2.75, 3.05) is 5.73 Å². The molecule has 0 saturated heterocycles. The van der Waals surface area contributed by atoms with Gasteiger partial charge in [-0.1, -0.05) is 22.8 Å². The minimum Gasteiger partial charge on any atom is -0.398 e. The molecule has 0 spiro atoms. The van der Waals surface area contributed by atoms with Crippen molar-refractivity contribution < 1.29 is 4.52 Å². The average molecular weight is 287 g/mol. The predicted molar refractivity (Wildman–Crippen MR) is 77.1 cm³/mol. The lowest BCUT2D eigenvalue weighted by Crippen LogP contribution is -1.91. The van der Waals surface area contributed by atoms with E-state index in [4.69, 9.17) is 21.9 Å². The predicted octanol–water partition coefficient (Wildman–Crippen LogP) is 3.34. The highest BCUT2D eigenvalue weighted by Gasteiger charge is 2.15. The van der Waals surface area contributed by atoms with Crippen LogP contribution in [0.15, 0.2) is 41.1 Å². The Kier molecular flexibility index (Phi) is 3.12. The lowest BCUT2D eigenvalue weighted by Gasteiger charge is -2.00. The fourth-order valence-corrected chi connectivity index (χ4v) is 2.06. The lowest BCUT2D eigenvalue weighted by atomic mass is 10.2. The average Bonchev–Trinajstić information content (AvgIpc) is 2.88. The molecule has 3 aromatic rings. The Morgan fingerprint density at radius 2 is 2.10 bits per heavy atom. The minimum atomic E-state index is 0.346. The Morgan fingerprint density at radius 1 is 1.25 bits per heavy atom. The molecule has 3 rings (SSSR count). The number of halogens is 1. The normalized spacial score (nSPS) is 10.7. The largest absolute Gasteiger partial charge is 0.398 e. The van der Waals surface area contributed by atoms with Gasteiger partial charge in [0.15, 0.2) is 0 Å². The van der Waals surface area contributed by atoms with Crippen LogP contribution in [0.1, 0.15) is 5.56 Å². The molecule has 0 saturated carbocycles. The molecule has 6 heteroatoms. The van der Waals surface area contributed by atoms with E-state index < -0.39 is 0 Å². The molecule has 2 heterocycles. The fraction of sp³-hybridized carbons (Fsp3) is 0.0714. The van der Waals surface area contributed by atoms with Crippen LogP contribution in [0.3, 0.4) is 0 Å². The molecule has 1 aromatic carbocycles. The first-order valence-electron chi connectivity index (χ1n) is 5.96. The van der Waals surface area contributed by atoms with Crippen LogP contribution < -0.4 is 5.73 Å². The topological polar surface area (TPSA) is 77.8 Å². The smallest absolute Gasteiger partial charge is 0.260 e. The van der Waals surface area contributed by atoms with Crippen LogP contribution in [0.25, 0.3) is 23.0 Å². The van der Waals surface area contributed by atoms with Gasteiger partial charge in [-0.05, 0) is 36.8 Å². The van der Waals surface area contributed by atoms with E-state index in [2.05, 4.69) is 15.1 Å². The van der Waals surface area contributed by atoms with Gasteiger partial charge in [0.2, 0.25) is 5.82 Å². The summed E-state index contributed by atoms with van der Waals surface area (Å²) in [6.07, 6.45) is 1.69. The Hall–Kier alpha value is -2.40. The highest BCUT2D eigenvalue weighted by molar-refractivity contribution is 6.31. The molecular formula is C14H11ClN4O. The number of nitrogens with two attached hydrogens (primary N) is 1. The van der Waals surface area contributed by atoms with Crippen molar-refractivity contribution >= 4 is 17.3 Å². The molecule has 100 valence electrons. The molecular weight excluding hydrogens is 276 g/mol. The third-order valence-corrected chi connectivity index (χ3v) is 3.13. The quantitative estimate of drug-likeness (QED) is 0.731. The van der Waals surface area contributed by atoms with Crippen LogP contribution in [-0.2, 0) is 0 Å². The molecule has 0 aliphatic rings. The summed E-state index contributed by atoms with van der Waals surface area (Å²) in [4.78, 5) is 8.59. The molecule has 0 unspecified atom stereocenters. The van der Waals surface area contributed by atoms with Crippen LogP contribution >= 0.6 is 11.6 Å². The number of aryl methyl sites for hydroxylation is 1. The second-order valence-corrected chi connectivity index (χ2v) is 4.76. The summed E-state index contributed by atoms with van der Waals surface area (Å²) in [5, 5.41) is 4.51. The molecule has 5 nitrogen and oxygen atoms in total. The molecule has 0 amide bonds. The molecule has 0 bridgehead atoms. The zero-order chi connectivity index (χ0) is 14.1. The molecule has 0 radical (unpaired) electrons. The standard InChI is InChI=1S/C14H11ClN4O/c1-8-3-2-6-17-12(8)13-18-14(20-19-13)10-5-4-9(15)7-11(10)16/h2-7H,16H2,1H3. The molecule has 0 aliphatic carbocycles. The van der Waals surface area contributed by atoms with Gasteiger partial charge in [-0.25, -0.2) is 0 Å². The minimum absolute atomic E-state index is 0.346. The van der Waals surface area contributed by atoms with E-state index in [9.17, 15) is 0 Å². The molecule has 0 fully saturated rings. The van der Waals surface area contributed by atoms with Crippen molar-refractivity contribution in [3.63, 3.8) is 0 Å². The summed E-state index contributed by atoms with van der Waals surface area (Å²) >= 11 is 5.87. The maximum atomic E-state index is 5.90. The first-order chi connectivity index (χ1) is 9.65. The number of nitrogens with zero attached hydrogens (tertiary/aromatic N) is 3. The molecule has 2 aromatic heterocycles. The summed E-state index contributed by atoms with van der Waals surface area (Å²) < 4.78 is 5.26. The number of rotatable bonds is 2. The van der Waals surface area contributed by atoms with Crippen molar-refractivity contribution in [1.29, 1.82) is 0 Å². The second-order valence-electron chi connectivity index (χ2n) is 4.32. The maximum Gasteiger partial charge on any atom is 0.260 e. The van der Waals surface area contributed by atoms with Crippen molar-refractivity contribution in [1.82, 2.24) is 15.1 Å². The fourth-order valence-electron chi connectivity index (χ4n) is 1.88. The first-order valence-corrected chi connectivity index (χ1v) is 6.34. The highest BCUT2D eigenvalue weighted by atomic mass is 35.5. The number of benzene rings is 1. The highest BCUT2D eigenvalue weighted by Crippen LogP contribution is 2.28. The molecule has 20 heavy (non-hydrogen) atoms. The maximum absolute atomic E-state index is 5.90. The van der Waals surface area contributed by atoms with Crippen LogP contribution in [0.2, 0.25) is 5.02 Å². The third kappa shape index (κ3) is 2.23. The van der Waals surface area contributed by atoms with Gasteiger partial charge in [0.25, 0.3) is 5.89 Å². The van der Waals surface area contributed by atoms with Gasteiger partial charge in [-0.3, -0.25) is 4.98 Å². The second kappa shape index (κ2) is 4.94. The summed E-state index contributed by atoms with van der Waals surface area (Å²) in [6.45, 7) is 1.94. The Bertz CT molecular complexity index is 769. The van der Waals surface area contributed by atoms with Gasteiger partial charge >= 0.3 is 0 Å². The molecule has 2 N–H and O–H groups in total. The molecule has 0 atom stereocenters. The number of hydrogen-bond acceptors (Lipinski definition) is 5. The third-order valence-electron chi connectivity index (χ3n) is 2.89. The zero-order valence-corrected chi connectivity index (χ0v) is 11.4. The van der Waals surface area contributed by atoms with Gasteiger partial charge in [-0.2, -0.15) is 4.98 Å². The number of anilines is 1. The van der Waals surface area contributed by atoms with E-state index in [1.165, 1.54) is 0 Å². The van der Waals surface area contributed by atoms with Crippen molar-refractivity contribution in [2.24, 2.45) is 0 Å². The summed E-state index contributed by atoms with van der Waals surface area (Å²) in [7, 11) is 0. The van der Waals surface area contributed by atoms with Crippen LogP contribution in [-0.4, -0.2) is 15.1 Å². The summed E-state index contributed by atoms with van der Waals surface area (Å²) in [5.74, 6) is 0.784. The van der Waals surface area contributed by atoms with Crippen LogP contribution in [0.4, 0.5) is 5.69 Å². The Labute approximate surface area is 120 Å². The monoisotopic (exact) mass is 286 g/mol. The van der Waals surface area contributed by atoms with E-state index in [0.717, 1.165) is 5.56 Å². The van der Waals surface area contributed by atoms with E-state index in [0.29, 0.717) is 33.7 Å². The number of hydrogen-bond donors (Lipinski definition) is 1. The first kappa shape index (κ1) is 12.6. The van der Waals surface area contributed by atoms with Gasteiger partial charge in [0.05, 0.1) is 5.56 Å². The van der Waals surface area contributed by atoms with Crippen LogP contribution in [0.5, 0.6) is 0 Å². The van der Waals surface area contributed by atoms with Gasteiger partial charge < -0.3 is 10.3 Å². The van der Waals surface area contributed by atoms with Gasteiger partial charge in [0, 0.05) is 16.9 Å². The van der Waals surface area contributed by atoms with Gasteiger partial charge in [0.1, 0.15) is 5.69 Å². The van der Waals surface area contributed by atoms with Crippen molar-refractivity contribution in [2.45, 2.75) is 6.92 Å². The van der Waals surface area contributed by atoms with Gasteiger partial charge in [-0.15, -0.1) is 0 Å². The number of aromatic nitrogens is 3. The van der Waals surface area contributed by atoms with Crippen molar-refractivity contribution in [3.8, 4) is 23.0 Å². The van der Waals surface area contributed by atoms with E-state index in [1.807, 2.05) is 19.1 Å². The Morgan fingerprint density at radius 3 is 2.85 bits per heavy atom. The van der Waals surface area contributed by atoms with E-state index >= 15 is 0 Å².